The molecule has 3 atom stereocenters. The van der Waals surface area contributed by atoms with E-state index in [9.17, 15) is 0 Å². The number of rotatable bonds is 9. The zero-order valence-electron chi connectivity index (χ0n) is 15.4. The zero-order valence-corrected chi connectivity index (χ0v) is 15.4. The summed E-state index contributed by atoms with van der Waals surface area (Å²) in [5.41, 5.74) is 0. The van der Waals surface area contributed by atoms with Gasteiger partial charge in [0.25, 0.3) is 0 Å². The minimum absolute atomic E-state index is 0.721. The Morgan fingerprint density at radius 2 is 1.81 bits per heavy atom. The van der Waals surface area contributed by atoms with E-state index in [2.05, 4.69) is 57.0 Å². The van der Waals surface area contributed by atoms with Gasteiger partial charge < -0.3 is 15.1 Å². The largest absolute Gasteiger partial charge is 0.317 e. The van der Waals surface area contributed by atoms with Crippen molar-refractivity contribution in [3.05, 3.63) is 0 Å². The van der Waals surface area contributed by atoms with Crippen LogP contribution in [0.3, 0.4) is 0 Å². The fourth-order valence-electron chi connectivity index (χ4n) is 3.77. The van der Waals surface area contributed by atoms with Gasteiger partial charge in [-0.2, -0.15) is 0 Å². The van der Waals surface area contributed by atoms with Gasteiger partial charge in [-0.15, -0.1) is 0 Å². The Kier molecular flexibility index (Phi) is 8.84. The topological polar surface area (TPSA) is 18.5 Å². The first-order chi connectivity index (χ1) is 9.97. The summed E-state index contributed by atoms with van der Waals surface area (Å²) in [5.74, 6) is 2.59. The molecule has 1 saturated carbocycles. The fraction of sp³-hybridized carbons (Fsp3) is 1.00. The van der Waals surface area contributed by atoms with Crippen LogP contribution < -0.4 is 5.32 Å². The van der Waals surface area contributed by atoms with E-state index in [0.717, 1.165) is 23.8 Å². The zero-order chi connectivity index (χ0) is 15.8. The van der Waals surface area contributed by atoms with E-state index >= 15 is 0 Å². The highest BCUT2D eigenvalue weighted by Gasteiger charge is 2.31. The van der Waals surface area contributed by atoms with Crippen molar-refractivity contribution in [2.45, 2.75) is 52.5 Å². The lowest BCUT2D eigenvalue weighted by Crippen LogP contribution is -2.46. The summed E-state index contributed by atoms with van der Waals surface area (Å²) >= 11 is 0. The van der Waals surface area contributed by atoms with E-state index < -0.39 is 0 Å². The second-order valence-corrected chi connectivity index (χ2v) is 7.58. The molecule has 3 heteroatoms. The van der Waals surface area contributed by atoms with Gasteiger partial charge in [0.2, 0.25) is 0 Å². The fourth-order valence-corrected chi connectivity index (χ4v) is 3.77. The molecule has 0 aliphatic heterocycles. The predicted molar refractivity (Wildman–Crippen MR) is 93.8 cm³/mol. The molecule has 0 saturated heterocycles. The molecule has 3 unspecified atom stereocenters. The lowest BCUT2D eigenvalue weighted by molar-refractivity contribution is 0.120. The normalized spacial score (nSPS) is 27.0. The summed E-state index contributed by atoms with van der Waals surface area (Å²) < 4.78 is 0. The Morgan fingerprint density at radius 3 is 2.33 bits per heavy atom. The average molecular weight is 298 g/mol. The molecular weight excluding hydrogens is 258 g/mol. The van der Waals surface area contributed by atoms with E-state index in [4.69, 9.17) is 0 Å². The molecule has 0 aromatic carbocycles. The van der Waals surface area contributed by atoms with Gasteiger partial charge in [-0.05, 0) is 71.1 Å². The van der Waals surface area contributed by atoms with E-state index in [1.807, 2.05) is 0 Å². The van der Waals surface area contributed by atoms with Crippen LogP contribution in [0.2, 0.25) is 0 Å². The number of hydrogen-bond donors (Lipinski definition) is 1. The monoisotopic (exact) mass is 297 g/mol. The van der Waals surface area contributed by atoms with E-state index in [-0.39, 0.29) is 0 Å². The van der Waals surface area contributed by atoms with Crippen molar-refractivity contribution >= 4 is 0 Å². The average Bonchev–Trinajstić information content (AvgIpc) is 2.44. The van der Waals surface area contributed by atoms with Gasteiger partial charge in [0, 0.05) is 25.7 Å². The molecule has 1 fully saturated rings. The highest BCUT2D eigenvalue weighted by molar-refractivity contribution is 4.87. The van der Waals surface area contributed by atoms with Crippen molar-refractivity contribution in [3.8, 4) is 0 Å². The summed E-state index contributed by atoms with van der Waals surface area (Å²) in [7, 11) is 6.50. The van der Waals surface area contributed by atoms with Crippen LogP contribution in [0, 0.1) is 17.8 Å². The second kappa shape index (κ2) is 9.81. The second-order valence-electron chi connectivity index (χ2n) is 7.58. The first-order valence-electron chi connectivity index (χ1n) is 9.02. The van der Waals surface area contributed by atoms with E-state index in [1.165, 1.54) is 51.9 Å². The molecule has 1 aliphatic rings. The molecule has 0 radical (unpaired) electrons. The first-order valence-corrected chi connectivity index (χ1v) is 9.02. The molecule has 0 heterocycles. The Balaban J connectivity index is 2.58. The van der Waals surface area contributed by atoms with Crippen LogP contribution in [0.5, 0.6) is 0 Å². The molecule has 126 valence electrons. The van der Waals surface area contributed by atoms with Crippen molar-refractivity contribution in [3.63, 3.8) is 0 Å². The molecule has 0 bridgehead atoms. The minimum atomic E-state index is 0.721. The number of nitrogens with one attached hydrogen (secondary N) is 1. The van der Waals surface area contributed by atoms with Crippen molar-refractivity contribution in [2.24, 2.45) is 17.8 Å². The number of likely N-dealkylation sites (N-methyl/N-ethyl adjacent to an activating group) is 1. The summed E-state index contributed by atoms with van der Waals surface area (Å²) in [4.78, 5) is 4.99. The third kappa shape index (κ3) is 6.66. The smallest absolute Gasteiger partial charge is 0.0109 e. The molecule has 0 aromatic rings. The molecule has 0 spiro atoms. The highest BCUT2D eigenvalue weighted by atomic mass is 15.2. The molecule has 1 aliphatic carbocycles. The summed E-state index contributed by atoms with van der Waals surface area (Å²) in [6.07, 6.45) is 5.44. The van der Waals surface area contributed by atoms with Crippen LogP contribution in [0.1, 0.15) is 46.5 Å². The molecule has 1 rings (SSSR count). The van der Waals surface area contributed by atoms with Crippen LogP contribution in [0.25, 0.3) is 0 Å². The standard InChI is InChI=1S/C18H39N3/c1-7-10-21(12-11-20(5)6)14-17-13-16(15(2)3)8-9-18(17)19-4/h15-19H,7-14H2,1-6H3. The van der Waals surface area contributed by atoms with Gasteiger partial charge >= 0.3 is 0 Å². The van der Waals surface area contributed by atoms with Crippen LogP contribution in [0.4, 0.5) is 0 Å². The van der Waals surface area contributed by atoms with Crippen LogP contribution in [0.15, 0.2) is 0 Å². The maximum atomic E-state index is 3.59. The number of nitrogens with zero attached hydrogens (tertiary/aromatic N) is 2. The van der Waals surface area contributed by atoms with E-state index in [0.29, 0.717) is 0 Å². The van der Waals surface area contributed by atoms with E-state index in [1.54, 1.807) is 0 Å². The predicted octanol–water partition coefficient (Wildman–Crippen LogP) is 2.92. The van der Waals surface area contributed by atoms with Crippen LogP contribution >= 0.6 is 0 Å². The SMILES string of the molecule is CCCN(CCN(C)C)CC1CC(C(C)C)CCC1NC. The Morgan fingerprint density at radius 1 is 1.10 bits per heavy atom. The summed E-state index contributed by atoms with van der Waals surface area (Å²) in [6, 6.07) is 0.721. The maximum Gasteiger partial charge on any atom is 0.0109 e. The van der Waals surface area contributed by atoms with Crippen molar-refractivity contribution < 1.29 is 0 Å². The Hall–Kier alpha value is -0.120. The lowest BCUT2D eigenvalue weighted by Gasteiger charge is -2.40. The summed E-state index contributed by atoms with van der Waals surface area (Å²) in [5, 5.41) is 3.59. The van der Waals surface area contributed by atoms with Gasteiger partial charge in [-0.3, -0.25) is 0 Å². The van der Waals surface area contributed by atoms with Gasteiger partial charge in [0.1, 0.15) is 0 Å². The minimum Gasteiger partial charge on any atom is -0.317 e. The van der Waals surface area contributed by atoms with Crippen LogP contribution in [-0.4, -0.2) is 63.2 Å². The molecule has 21 heavy (non-hydrogen) atoms. The Labute approximate surface area is 133 Å². The highest BCUT2D eigenvalue weighted by Crippen LogP contribution is 2.34. The van der Waals surface area contributed by atoms with Gasteiger partial charge in [0.05, 0.1) is 0 Å². The van der Waals surface area contributed by atoms with Gasteiger partial charge in [-0.25, -0.2) is 0 Å². The summed E-state index contributed by atoms with van der Waals surface area (Å²) in [6.45, 7) is 12.0. The maximum absolute atomic E-state index is 3.59. The number of hydrogen-bond acceptors (Lipinski definition) is 3. The molecule has 3 nitrogen and oxygen atoms in total. The quantitative estimate of drug-likeness (QED) is 0.706. The lowest BCUT2D eigenvalue weighted by atomic mass is 9.73. The van der Waals surface area contributed by atoms with Crippen molar-refractivity contribution in [1.29, 1.82) is 0 Å². The Bertz CT molecular complexity index is 265. The molecular formula is C18H39N3. The molecule has 0 amide bonds. The van der Waals surface area contributed by atoms with Gasteiger partial charge in [-0.1, -0.05) is 20.8 Å². The first kappa shape index (κ1) is 18.9. The third-order valence-corrected chi connectivity index (χ3v) is 5.23. The van der Waals surface area contributed by atoms with Crippen molar-refractivity contribution in [2.75, 3.05) is 47.3 Å². The molecule has 1 N–H and O–H groups in total. The van der Waals surface area contributed by atoms with Gasteiger partial charge in [0.15, 0.2) is 0 Å². The molecule has 0 aromatic heterocycles. The third-order valence-electron chi connectivity index (χ3n) is 5.23. The van der Waals surface area contributed by atoms with Crippen molar-refractivity contribution in [1.82, 2.24) is 15.1 Å². The van der Waals surface area contributed by atoms with Crippen LogP contribution in [-0.2, 0) is 0 Å².